The molecule has 0 saturated heterocycles. The third-order valence-electron chi connectivity index (χ3n) is 4.89. The van der Waals surface area contributed by atoms with Crippen molar-refractivity contribution in [2.24, 2.45) is 13.0 Å². The highest BCUT2D eigenvalue weighted by Crippen LogP contribution is 2.41. The normalized spacial score (nSPS) is 24.8. The van der Waals surface area contributed by atoms with Crippen LogP contribution in [0.25, 0.3) is 16.5 Å². The van der Waals surface area contributed by atoms with Gasteiger partial charge in [-0.15, -0.1) is 0 Å². The lowest BCUT2D eigenvalue weighted by Gasteiger charge is -2.38. The molecular formula is C17H18N2O2. The van der Waals surface area contributed by atoms with Crippen LogP contribution in [0.4, 0.5) is 0 Å². The SMILES string of the molecule is CN1C[C@@H](C(=O)O)C=C2c3cccc4c3c(cn4C)C[C@H]21. The lowest BCUT2D eigenvalue weighted by molar-refractivity contribution is -0.140. The Hall–Kier alpha value is -2.07. The van der Waals surface area contributed by atoms with E-state index in [1.165, 1.54) is 27.6 Å². The van der Waals surface area contributed by atoms with Gasteiger partial charge in [0, 0.05) is 36.7 Å². The number of fused-ring (bicyclic) bond motifs is 2. The first-order valence-corrected chi connectivity index (χ1v) is 7.28. The summed E-state index contributed by atoms with van der Waals surface area (Å²) in [5.41, 5.74) is 4.98. The Bertz CT molecular complexity index is 787. The summed E-state index contributed by atoms with van der Waals surface area (Å²) in [6.07, 6.45) is 5.14. The molecule has 0 fully saturated rings. The van der Waals surface area contributed by atoms with Crippen LogP contribution in [0.1, 0.15) is 11.1 Å². The van der Waals surface area contributed by atoms with Crippen molar-refractivity contribution >= 4 is 22.4 Å². The first kappa shape index (κ1) is 12.7. The molecule has 0 spiro atoms. The summed E-state index contributed by atoms with van der Waals surface area (Å²) in [5, 5.41) is 10.7. The molecule has 21 heavy (non-hydrogen) atoms. The molecule has 2 atom stereocenters. The summed E-state index contributed by atoms with van der Waals surface area (Å²) in [6.45, 7) is 0.585. The van der Waals surface area contributed by atoms with Crippen molar-refractivity contribution in [3.63, 3.8) is 0 Å². The first-order chi connectivity index (χ1) is 10.1. The van der Waals surface area contributed by atoms with Crippen LogP contribution < -0.4 is 0 Å². The molecule has 4 rings (SSSR count). The Kier molecular flexibility index (Phi) is 2.54. The van der Waals surface area contributed by atoms with Crippen LogP contribution in [0.15, 0.2) is 30.5 Å². The molecule has 0 radical (unpaired) electrons. The topological polar surface area (TPSA) is 45.5 Å². The lowest BCUT2D eigenvalue weighted by atomic mass is 9.80. The highest BCUT2D eigenvalue weighted by atomic mass is 16.4. The van der Waals surface area contributed by atoms with Crippen molar-refractivity contribution in [3.8, 4) is 0 Å². The maximum absolute atomic E-state index is 11.4. The second-order valence-electron chi connectivity index (χ2n) is 6.19. The summed E-state index contributed by atoms with van der Waals surface area (Å²) in [7, 11) is 4.10. The monoisotopic (exact) mass is 282 g/mol. The van der Waals surface area contributed by atoms with Gasteiger partial charge in [0.05, 0.1) is 5.92 Å². The summed E-state index contributed by atoms with van der Waals surface area (Å²) in [4.78, 5) is 13.6. The molecule has 1 aromatic carbocycles. The van der Waals surface area contributed by atoms with Crippen LogP contribution >= 0.6 is 0 Å². The molecule has 4 nitrogen and oxygen atoms in total. The van der Waals surface area contributed by atoms with Gasteiger partial charge >= 0.3 is 5.97 Å². The number of nitrogens with zero attached hydrogens (tertiary/aromatic N) is 2. The van der Waals surface area contributed by atoms with Gasteiger partial charge in [0.1, 0.15) is 0 Å². The van der Waals surface area contributed by atoms with E-state index >= 15 is 0 Å². The van der Waals surface area contributed by atoms with E-state index in [4.69, 9.17) is 0 Å². The summed E-state index contributed by atoms with van der Waals surface area (Å²) >= 11 is 0. The number of carboxylic acid groups (broad SMARTS) is 1. The van der Waals surface area contributed by atoms with E-state index in [0.717, 1.165) is 6.42 Å². The average molecular weight is 282 g/mol. The van der Waals surface area contributed by atoms with Gasteiger partial charge in [0.2, 0.25) is 0 Å². The molecule has 1 N–H and O–H groups in total. The zero-order valence-corrected chi connectivity index (χ0v) is 12.2. The predicted octanol–water partition coefficient (Wildman–Crippen LogP) is 2.13. The number of hydrogen-bond acceptors (Lipinski definition) is 2. The number of aryl methyl sites for hydroxylation is 1. The summed E-state index contributed by atoms with van der Waals surface area (Å²) in [5.74, 6) is -1.15. The quantitative estimate of drug-likeness (QED) is 0.871. The maximum Gasteiger partial charge on any atom is 0.311 e. The zero-order chi connectivity index (χ0) is 14.7. The van der Waals surface area contributed by atoms with Gasteiger partial charge in [-0.1, -0.05) is 18.2 Å². The molecule has 4 heteroatoms. The minimum Gasteiger partial charge on any atom is -0.481 e. The van der Waals surface area contributed by atoms with E-state index in [1.54, 1.807) is 0 Å². The summed E-state index contributed by atoms with van der Waals surface area (Å²) < 4.78 is 2.17. The molecular weight excluding hydrogens is 264 g/mol. The third kappa shape index (κ3) is 1.69. The molecule has 1 aromatic heterocycles. The van der Waals surface area contributed by atoms with Crippen LogP contribution in [-0.4, -0.2) is 40.2 Å². The van der Waals surface area contributed by atoms with E-state index in [-0.39, 0.29) is 0 Å². The second-order valence-corrected chi connectivity index (χ2v) is 6.19. The number of benzene rings is 1. The fourth-order valence-corrected chi connectivity index (χ4v) is 3.88. The Balaban J connectivity index is 1.98. The van der Waals surface area contributed by atoms with Crippen molar-refractivity contribution in [3.05, 3.63) is 41.6 Å². The highest BCUT2D eigenvalue weighted by Gasteiger charge is 2.35. The van der Waals surface area contributed by atoms with Crippen LogP contribution in [0.2, 0.25) is 0 Å². The Morgan fingerprint density at radius 2 is 2.14 bits per heavy atom. The van der Waals surface area contributed by atoms with E-state index < -0.39 is 11.9 Å². The summed E-state index contributed by atoms with van der Waals surface area (Å²) in [6, 6.07) is 6.61. The van der Waals surface area contributed by atoms with Gasteiger partial charge in [-0.2, -0.15) is 0 Å². The molecule has 2 aromatic rings. The first-order valence-electron chi connectivity index (χ1n) is 7.28. The number of aromatic nitrogens is 1. The van der Waals surface area contributed by atoms with Crippen molar-refractivity contribution in [1.82, 2.24) is 9.47 Å². The fraction of sp³-hybridized carbons (Fsp3) is 0.353. The van der Waals surface area contributed by atoms with E-state index in [9.17, 15) is 9.90 Å². The molecule has 2 heterocycles. The molecule has 0 unspecified atom stereocenters. The van der Waals surface area contributed by atoms with Crippen LogP contribution in [0.3, 0.4) is 0 Å². The average Bonchev–Trinajstić information content (AvgIpc) is 2.78. The highest BCUT2D eigenvalue weighted by molar-refractivity contribution is 5.99. The van der Waals surface area contributed by atoms with Gasteiger partial charge in [-0.25, -0.2) is 0 Å². The standard InChI is InChI=1S/C17H18N2O2/c1-18-8-10-7-15-13(6-11(17(20)21)9-19(15)2)12-4-3-5-14(18)16(10)12/h3-6,8,11,15H,7,9H2,1-2H3,(H,20,21)/t11-,15+/m0/s1. The maximum atomic E-state index is 11.4. The van der Waals surface area contributed by atoms with Crippen LogP contribution in [0, 0.1) is 5.92 Å². The minimum absolute atomic E-state index is 0.293. The largest absolute Gasteiger partial charge is 0.481 e. The van der Waals surface area contributed by atoms with Crippen molar-refractivity contribution < 1.29 is 9.90 Å². The molecule has 0 saturated carbocycles. The Labute approximate surface area is 123 Å². The molecule has 0 bridgehead atoms. The minimum atomic E-state index is -0.737. The third-order valence-corrected chi connectivity index (χ3v) is 4.89. The van der Waals surface area contributed by atoms with Gasteiger partial charge in [0.25, 0.3) is 0 Å². The smallest absolute Gasteiger partial charge is 0.311 e. The number of carbonyl (C=O) groups is 1. The van der Waals surface area contributed by atoms with Gasteiger partial charge in [-0.3, -0.25) is 9.69 Å². The molecule has 1 aliphatic carbocycles. The van der Waals surface area contributed by atoms with Crippen molar-refractivity contribution in [2.45, 2.75) is 12.5 Å². The van der Waals surface area contributed by atoms with Crippen molar-refractivity contribution in [2.75, 3.05) is 13.6 Å². The molecule has 108 valence electrons. The van der Waals surface area contributed by atoms with Gasteiger partial charge < -0.3 is 9.67 Å². The number of aliphatic carboxylic acids is 1. The van der Waals surface area contributed by atoms with Crippen LogP contribution in [0.5, 0.6) is 0 Å². The van der Waals surface area contributed by atoms with Gasteiger partial charge in [0.15, 0.2) is 0 Å². The predicted molar refractivity (Wildman–Crippen MR) is 82.1 cm³/mol. The zero-order valence-electron chi connectivity index (χ0n) is 12.2. The number of rotatable bonds is 1. The lowest BCUT2D eigenvalue weighted by Crippen LogP contribution is -2.44. The number of carboxylic acids is 1. The number of hydrogen-bond donors (Lipinski definition) is 1. The van der Waals surface area contributed by atoms with Crippen LogP contribution in [-0.2, 0) is 18.3 Å². The van der Waals surface area contributed by atoms with E-state index in [2.05, 4.69) is 40.9 Å². The second kappa shape index (κ2) is 4.21. The number of likely N-dealkylation sites (N-methyl/N-ethyl adjacent to an activating group) is 1. The molecule has 0 amide bonds. The van der Waals surface area contributed by atoms with Gasteiger partial charge in [-0.05, 0) is 36.2 Å². The van der Waals surface area contributed by atoms with E-state index in [0.29, 0.717) is 12.6 Å². The Morgan fingerprint density at radius 3 is 2.90 bits per heavy atom. The molecule has 2 aliphatic rings. The van der Waals surface area contributed by atoms with E-state index in [1.807, 2.05) is 13.1 Å². The van der Waals surface area contributed by atoms with Crippen molar-refractivity contribution in [1.29, 1.82) is 0 Å². The Morgan fingerprint density at radius 1 is 1.33 bits per heavy atom. The fourth-order valence-electron chi connectivity index (χ4n) is 3.88. The molecule has 1 aliphatic heterocycles.